The molecule has 45 heavy (non-hydrogen) atoms. The quantitative estimate of drug-likeness (QED) is 0.216. The summed E-state index contributed by atoms with van der Waals surface area (Å²) in [5.74, 6) is -0.296. The summed E-state index contributed by atoms with van der Waals surface area (Å²) in [7, 11) is 0. The number of hydrogen-bond donors (Lipinski definition) is 0. The Morgan fingerprint density at radius 1 is 1.11 bits per heavy atom. The predicted octanol–water partition coefficient (Wildman–Crippen LogP) is 6.34. The van der Waals surface area contributed by atoms with Crippen molar-refractivity contribution < 1.29 is 18.0 Å². The number of aromatic nitrogens is 6. The molecule has 1 aliphatic heterocycles. The van der Waals surface area contributed by atoms with Gasteiger partial charge in [0.15, 0.2) is 0 Å². The van der Waals surface area contributed by atoms with Gasteiger partial charge in [-0.1, -0.05) is 22.9 Å². The molecule has 9 nitrogen and oxygen atoms in total. The number of nitrogens with zero attached hydrogens (tertiary/aromatic N) is 7. The van der Waals surface area contributed by atoms with E-state index in [1.807, 2.05) is 42.8 Å². The van der Waals surface area contributed by atoms with E-state index in [1.165, 1.54) is 17.0 Å². The van der Waals surface area contributed by atoms with Gasteiger partial charge in [-0.2, -0.15) is 23.4 Å². The second kappa shape index (κ2) is 10.7. The van der Waals surface area contributed by atoms with Crippen molar-refractivity contribution in [3.8, 4) is 11.6 Å². The number of carbonyl (C=O) groups is 1. The lowest BCUT2D eigenvalue weighted by atomic mass is 9.98. The molecule has 0 saturated heterocycles. The van der Waals surface area contributed by atoms with Crippen molar-refractivity contribution in [3.05, 3.63) is 97.3 Å². The summed E-state index contributed by atoms with van der Waals surface area (Å²) in [5.41, 5.74) is 2.76. The highest BCUT2D eigenvalue weighted by Crippen LogP contribution is 2.38. The van der Waals surface area contributed by atoms with E-state index in [4.69, 9.17) is 10.1 Å². The molecule has 2 aromatic carbocycles. The number of alkyl halides is 3. The van der Waals surface area contributed by atoms with Gasteiger partial charge >= 0.3 is 6.18 Å². The summed E-state index contributed by atoms with van der Waals surface area (Å²) in [6, 6.07) is 11.1. The van der Waals surface area contributed by atoms with Crippen LogP contribution in [0, 0.1) is 6.92 Å². The SMILES string of the molecule is CCc1cc(C)n(-c2nc3c(c(=O)n2-c2ccc4c(cnn4C4CC4)c2)CC(C)N(C(=O)c2ccc(Br)c(C(F)(F)F)c2)C3)n1. The summed E-state index contributed by atoms with van der Waals surface area (Å²) in [6.45, 7) is 5.62. The number of benzene rings is 2. The van der Waals surface area contributed by atoms with E-state index in [0.29, 0.717) is 29.4 Å². The van der Waals surface area contributed by atoms with E-state index < -0.39 is 23.7 Å². The minimum atomic E-state index is -4.63. The van der Waals surface area contributed by atoms with Crippen LogP contribution in [0.25, 0.3) is 22.5 Å². The molecule has 0 bridgehead atoms. The fraction of sp³-hybridized carbons (Fsp3) is 0.344. The predicted molar refractivity (Wildman–Crippen MR) is 165 cm³/mol. The molecule has 7 rings (SSSR count). The van der Waals surface area contributed by atoms with Crippen molar-refractivity contribution in [1.29, 1.82) is 0 Å². The molecule has 5 aromatic rings. The van der Waals surface area contributed by atoms with Crippen LogP contribution in [0.15, 0.2) is 57.9 Å². The lowest BCUT2D eigenvalue weighted by Crippen LogP contribution is -2.46. The molecule has 1 aliphatic carbocycles. The highest BCUT2D eigenvalue weighted by molar-refractivity contribution is 9.10. The third-order valence-corrected chi connectivity index (χ3v) is 9.29. The Hall–Kier alpha value is -4.26. The van der Waals surface area contributed by atoms with Crippen LogP contribution in [0.5, 0.6) is 0 Å². The van der Waals surface area contributed by atoms with Gasteiger partial charge in [-0.3, -0.25) is 14.3 Å². The summed E-state index contributed by atoms with van der Waals surface area (Å²) in [4.78, 5) is 34.4. The topological polar surface area (TPSA) is 90.8 Å². The van der Waals surface area contributed by atoms with Crippen molar-refractivity contribution in [3.63, 3.8) is 0 Å². The molecular formula is C32H29BrF3N7O2. The highest BCUT2D eigenvalue weighted by Gasteiger charge is 2.36. The van der Waals surface area contributed by atoms with Gasteiger partial charge in [0.1, 0.15) is 0 Å². The van der Waals surface area contributed by atoms with E-state index in [-0.39, 0.29) is 34.5 Å². The van der Waals surface area contributed by atoms with Crippen LogP contribution in [0.1, 0.15) is 71.3 Å². The monoisotopic (exact) mass is 679 g/mol. The third-order valence-electron chi connectivity index (χ3n) is 8.60. The number of halogens is 4. The molecule has 1 fully saturated rings. The first kappa shape index (κ1) is 29.5. The zero-order valence-corrected chi connectivity index (χ0v) is 26.4. The molecule has 3 aromatic heterocycles. The first-order valence-electron chi connectivity index (χ1n) is 14.8. The average molecular weight is 681 g/mol. The molecule has 1 atom stereocenters. The van der Waals surface area contributed by atoms with Crippen LogP contribution in [-0.4, -0.2) is 46.0 Å². The number of amides is 1. The smallest absolute Gasteiger partial charge is 0.330 e. The van der Waals surface area contributed by atoms with Crippen molar-refractivity contribution in [2.24, 2.45) is 0 Å². The van der Waals surface area contributed by atoms with Gasteiger partial charge in [-0.25, -0.2) is 14.2 Å². The van der Waals surface area contributed by atoms with E-state index in [2.05, 4.69) is 21.0 Å². The number of hydrogen-bond acceptors (Lipinski definition) is 5. The molecule has 1 unspecified atom stereocenters. The van der Waals surface area contributed by atoms with E-state index in [9.17, 15) is 22.8 Å². The summed E-state index contributed by atoms with van der Waals surface area (Å²) >= 11 is 2.94. The zero-order valence-electron chi connectivity index (χ0n) is 24.8. The van der Waals surface area contributed by atoms with E-state index >= 15 is 0 Å². The van der Waals surface area contributed by atoms with Crippen LogP contribution in [0.2, 0.25) is 0 Å². The number of aryl methyl sites for hydroxylation is 2. The minimum Gasteiger partial charge on any atom is -0.330 e. The molecule has 13 heteroatoms. The maximum Gasteiger partial charge on any atom is 0.417 e. The van der Waals surface area contributed by atoms with Crippen molar-refractivity contribution in [2.45, 2.75) is 71.3 Å². The molecule has 0 spiro atoms. The van der Waals surface area contributed by atoms with Crippen LogP contribution in [-0.2, 0) is 25.6 Å². The van der Waals surface area contributed by atoms with Crippen molar-refractivity contribution >= 4 is 32.7 Å². The maximum atomic E-state index is 14.4. The maximum absolute atomic E-state index is 14.4. The fourth-order valence-electron chi connectivity index (χ4n) is 6.04. The number of fused-ring (bicyclic) bond motifs is 2. The Kier molecular flexibility index (Phi) is 6.99. The van der Waals surface area contributed by atoms with Gasteiger partial charge in [-0.15, -0.1) is 0 Å². The van der Waals surface area contributed by atoms with Gasteiger partial charge in [-0.05, 0) is 82.0 Å². The molecule has 4 heterocycles. The highest BCUT2D eigenvalue weighted by atomic mass is 79.9. The van der Waals surface area contributed by atoms with Crippen LogP contribution >= 0.6 is 15.9 Å². The van der Waals surface area contributed by atoms with Crippen molar-refractivity contribution in [1.82, 2.24) is 34.0 Å². The van der Waals surface area contributed by atoms with Gasteiger partial charge in [0.05, 0.1) is 46.9 Å². The van der Waals surface area contributed by atoms with Crippen LogP contribution < -0.4 is 5.56 Å². The van der Waals surface area contributed by atoms with Crippen molar-refractivity contribution in [2.75, 3.05) is 0 Å². The molecule has 232 valence electrons. The lowest BCUT2D eigenvalue weighted by molar-refractivity contribution is -0.138. The van der Waals surface area contributed by atoms with Crippen LogP contribution in [0.4, 0.5) is 13.2 Å². The first-order chi connectivity index (χ1) is 21.4. The van der Waals surface area contributed by atoms with Gasteiger partial charge in [0.2, 0.25) is 5.95 Å². The fourth-order valence-corrected chi connectivity index (χ4v) is 6.51. The first-order valence-corrected chi connectivity index (χ1v) is 15.6. The number of carbonyl (C=O) groups excluding carboxylic acids is 1. The molecule has 0 radical (unpaired) electrons. The summed E-state index contributed by atoms with van der Waals surface area (Å²) in [5, 5.41) is 10.2. The minimum absolute atomic E-state index is 0.0377. The van der Waals surface area contributed by atoms with E-state index in [0.717, 1.165) is 41.2 Å². The Morgan fingerprint density at radius 3 is 2.58 bits per heavy atom. The second-order valence-corrected chi connectivity index (χ2v) is 12.6. The lowest BCUT2D eigenvalue weighted by Gasteiger charge is -2.34. The van der Waals surface area contributed by atoms with Gasteiger partial charge in [0.25, 0.3) is 11.5 Å². The average Bonchev–Trinajstić information content (AvgIpc) is 3.65. The Bertz CT molecular complexity index is 2060. The third kappa shape index (κ3) is 5.06. The van der Waals surface area contributed by atoms with Gasteiger partial charge in [0, 0.05) is 32.7 Å². The van der Waals surface area contributed by atoms with Gasteiger partial charge < -0.3 is 4.90 Å². The summed E-state index contributed by atoms with van der Waals surface area (Å²) < 4.78 is 45.9. The van der Waals surface area contributed by atoms with E-state index in [1.54, 1.807) is 22.4 Å². The molecule has 1 saturated carbocycles. The Morgan fingerprint density at radius 2 is 1.89 bits per heavy atom. The zero-order chi connectivity index (χ0) is 31.8. The Balaban J connectivity index is 1.34. The normalized spacial score (nSPS) is 16.8. The number of rotatable bonds is 5. The standard InChI is InChI=1S/C32H29BrF3N7O2/c1-4-21-11-18(3)42(39-21)31-38-27-16-40(29(44)19-5-9-26(33)25(14-19)32(34,35)36)17(2)12-24(27)30(45)41(31)23-8-10-28-20(13-23)15-37-43(28)22-6-7-22/h5,8-11,13-15,17,22H,4,6-7,12,16H2,1-3H3. The Labute approximate surface area is 264 Å². The summed E-state index contributed by atoms with van der Waals surface area (Å²) in [6.07, 6.45) is 0.240. The molecule has 0 N–H and O–H groups in total. The second-order valence-electron chi connectivity index (χ2n) is 11.8. The molecule has 1 amide bonds. The largest absolute Gasteiger partial charge is 0.417 e. The van der Waals surface area contributed by atoms with Crippen LogP contribution in [0.3, 0.4) is 0 Å². The molecule has 2 aliphatic rings. The molecular weight excluding hydrogens is 651 g/mol.